The first-order valence-electron chi connectivity index (χ1n) is 9.88. The Bertz CT molecular complexity index is 1250. The summed E-state index contributed by atoms with van der Waals surface area (Å²) in [7, 11) is 2.05. The first kappa shape index (κ1) is 18.2. The van der Waals surface area contributed by atoms with Crippen LogP contribution < -0.4 is 14.8 Å². The van der Waals surface area contributed by atoms with Gasteiger partial charge in [0.15, 0.2) is 11.5 Å². The molecule has 0 saturated heterocycles. The molecule has 4 aromatic rings. The van der Waals surface area contributed by atoms with Crippen LogP contribution in [0.25, 0.3) is 11.0 Å². The van der Waals surface area contributed by atoms with Gasteiger partial charge < -0.3 is 19.4 Å². The van der Waals surface area contributed by atoms with Crippen molar-refractivity contribution in [2.75, 3.05) is 12.1 Å². The normalized spacial score (nSPS) is 12.3. The number of para-hydroxylation sites is 2. The minimum absolute atomic E-state index is 0.180. The molecule has 2 heterocycles. The summed E-state index contributed by atoms with van der Waals surface area (Å²) < 4.78 is 12.8. The monoisotopic (exact) mass is 399 g/mol. The predicted molar refractivity (Wildman–Crippen MR) is 115 cm³/mol. The van der Waals surface area contributed by atoms with Crippen molar-refractivity contribution in [3.63, 3.8) is 0 Å². The van der Waals surface area contributed by atoms with Crippen LogP contribution in [0.2, 0.25) is 0 Å². The molecule has 0 atom stereocenters. The van der Waals surface area contributed by atoms with Gasteiger partial charge in [-0.1, -0.05) is 24.3 Å². The zero-order valence-electron chi connectivity index (χ0n) is 16.6. The number of hydrogen-bond acceptors (Lipinski definition) is 4. The van der Waals surface area contributed by atoms with Crippen LogP contribution in [0.15, 0.2) is 66.7 Å². The standard InChI is InChI=1S/C24H21N3O3/c1-27-20-8-3-2-7-19(20)26-23(27)12-9-16-5-4-6-18(13-16)25-24(28)17-10-11-21-22(14-17)30-15-29-21/h2-8,10-11,13-14H,9,12,15H2,1H3,(H,25,28). The van der Waals surface area contributed by atoms with Crippen LogP contribution >= 0.6 is 0 Å². The molecule has 1 aliphatic heterocycles. The third-order valence-corrected chi connectivity index (χ3v) is 5.34. The fourth-order valence-electron chi connectivity index (χ4n) is 3.72. The van der Waals surface area contributed by atoms with E-state index in [-0.39, 0.29) is 12.7 Å². The topological polar surface area (TPSA) is 65.4 Å². The van der Waals surface area contributed by atoms with E-state index in [0.29, 0.717) is 17.1 Å². The van der Waals surface area contributed by atoms with Crippen LogP contribution in [0.1, 0.15) is 21.7 Å². The number of anilines is 1. The highest BCUT2D eigenvalue weighted by Gasteiger charge is 2.16. The Hall–Kier alpha value is -3.80. The lowest BCUT2D eigenvalue weighted by Gasteiger charge is -2.08. The molecule has 1 aromatic heterocycles. The molecule has 0 spiro atoms. The molecule has 1 amide bonds. The Balaban J connectivity index is 1.28. The number of aromatic nitrogens is 2. The molecule has 0 aliphatic carbocycles. The molecule has 1 aliphatic rings. The van der Waals surface area contributed by atoms with Gasteiger partial charge in [0.1, 0.15) is 5.82 Å². The van der Waals surface area contributed by atoms with E-state index in [9.17, 15) is 4.79 Å². The van der Waals surface area contributed by atoms with Gasteiger partial charge in [0.05, 0.1) is 11.0 Å². The second kappa shape index (κ2) is 7.55. The fraction of sp³-hybridized carbons (Fsp3) is 0.167. The number of imidazole rings is 1. The number of nitrogens with zero attached hydrogens (tertiary/aromatic N) is 2. The lowest BCUT2D eigenvalue weighted by Crippen LogP contribution is -2.12. The highest BCUT2D eigenvalue weighted by molar-refractivity contribution is 6.04. The summed E-state index contributed by atoms with van der Waals surface area (Å²) in [5, 5.41) is 2.96. The molecule has 6 nitrogen and oxygen atoms in total. The second-order valence-corrected chi connectivity index (χ2v) is 7.30. The van der Waals surface area contributed by atoms with Crippen molar-refractivity contribution < 1.29 is 14.3 Å². The number of hydrogen-bond donors (Lipinski definition) is 1. The van der Waals surface area contributed by atoms with Gasteiger partial charge in [-0.2, -0.15) is 0 Å². The summed E-state index contributed by atoms with van der Waals surface area (Å²) in [6, 6.07) is 21.3. The molecule has 1 N–H and O–H groups in total. The van der Waals surface area contributed by atoms with Crippen LogP contribution in [-0.2, 0) is 19.9 Å². The summed E-state index contributed by atoms with van der Waals surface area (Å²) in [6.45, 7) is 0.189. The summed E-state index contributed by atoms with van der Waals surface area (Å²) in [6.07, 6.45) is 1.66. The predicted octanol–water partition coefficient (Wildman–Crippen LogP) is 4.34. The maximum Gasteiger partial charge on any atom is 0.255 e. The maximum atomic E-state index is 12.6. The molecule has 6 heteroatoms. The van der Waals surface area contributed by atoms with E-state index in [1.54, 1.807) is 18.2 Å². The molecule has 30 heavy (non-hydrogen) atoms. The van der Waals surface area contributed by atoms with Crippen molar-refractivity contribution in [2.24, 2.45) is 7.05 Å². The van der Waals surface area contributed by atoms with Gasteiger partial charge in [-0.25, -0.2) is 4.98 Å². The number of carbonyl (C=O) groups excluding carboxylic acids is 1. The van der Waals surface area contributed by atoms with Gasteiger partial charge >= 0.3 is 0 Å². The SMILES string of the molecule is Cn1c(CCc2cccc(NC(=O)c3ccc4c(c3)OCO4)c2)nc2ccccc21. The third kappa shape index (κ3) is 3.48. The minimum atomic E-state index is -0.180. The van der Waals surface area contributed by atoms with Gasteiger partial charge in [0, 0.05) is 24.7 Å². The van der Waals surface area contributed by atoms with Crippen molar-refractivity contribution in [1.29, 1.82) is 0 Å². The van der Waals surface area contributed by atoms with Crippen molar-refractivity contribution in [1.82, 2.24) is 9.55 Å². The quantitative estimate of drug-likeness (QED) is 0.542. The Morgan fingerprint density at radius 1 is 1.00 bits per heavy atom. The largest absolute Gasteiger partial charge is 0.454 e. The van der Waals surface area contributed by atoms with Crippen molar-refractivity contribution in [2.45, 2.75) is 12.8 Å². The molecule has 5 rings (SSSR count). The van der Waals surface area contributed by atoms with Gasteiger partial charge in [-0.05, 0) is 54.4 Å². The van der Waals surface area contributed by atoms with E-state index < -0.39 is 0 Å². The molecule has 0 radical (unpaired) electrons. The van der Waals surface area contributed by atoms with Gasteiger partial charge in [0.25, 0.3) is 5.91 Å². The molecule has 0 fully saturated rings. The van der Waals surface area contributed by atoms with Crippen LogP contribution in [-0.4, -0.2) is 22.3 Å². The average molecular weight is 399 g/mol. The fourth-order valence-corrected chi connectivity index (χ4v) is 3.72. The summed E-state index contributed by atoms with van der Waals surface area (Å²) in [4.78, 5) is 17.4. The molecule has 150 valence electrons. The van der Waals surface area contributed by atoms with Crippen molar-refractivity contribution >= 4 is 22.6 Å². The number of carbonyl (C=O) groups is 1. The third-order valence-electron chi connectivity index (χ3n) is 5.34. The molecule has 3 aromatic carbocycles. The number of amides is 1. The number of benzene rings is 3. The first-order valence-corrected chi connectivity index (χ1v) is 9.88. The highest BCUT2D eigenvalue weighted by atomic mass is 16.7. The average Bonchev–Trinajstić information content (AvgIpc) is 3.36. The Morgan fingerprint density at radius 3 is 2.77 bits per heavy atom. The number of fused-ring (bicyclic) bond motifs is 2. The lowest BCUT2D eigenvalue weighted by molar-refractivity contribution is 0.102. The number of ether oxygens (including phenoxy) is 2. The van der Waals surface area contributed by atoms with E-state index in [0.717, 1.165) is 41.0 Å². The summed E-state index contributed by atoms with van der Waals surface area (Å²) >= 11 is 0. The molecule has 0 saturated carbocycles. The van der Waals surface area contributed by atoms with E-state index in [1.807, 2.05) is 43.4 Å². The summed E-state index contributed by atoms with van der Waals surface area (Å²) in [5.74, 6) is 2.13. The van der Waals surface area contributed by atoms with E-state index >= 15 is 0 Å². The lowest BCUT2D eigenvalue weighted by atomic mass is 10.1. The van der Waals surface area contributed by atoms with Gasteiger partial charge in [-0.15, -0.1) is 0 Å². The maximum absolute atomic E-state index is 12.6. The van der Waals surface area contributed by atoms with Crippen LogP contribution in [0.3, 0.4) is 0 Å². The van der Waals surface area contributed by atoms with Crippen LogP contribution in [0.4, 0.5) is 5.69 Å². The molecule has 0 bridgehead atoms. The minimum Gasteiger partial charge on any atom is -0.454 e. The highest BCUT2D eigenvalue weighted by Crippen LogP contribution is 2.32. The molecular weight excluding hydrogens is 378 g/mol. The number of aryl methyl sites for hydroxylation is 3. The molecule has 0 unspecified atom stereocenters. The number of rotatable bonds is 5. The smallest absolute Gasteiger partial charge is 0.255 e. The first-order chi connectivity index (χ1) is 14.7. The van der Waals surface area contributed by atoms with E-state index in [2.05, 4.69) is 22.0 Å². The zero-order chi connectivity index (χ0) is 20.5. The second-order valence-electron chi connectivity index (χ2n) is 7.30. The van der Waals surface area contributed by atoms with Gasteiger partial charge in [-0.3, -0.25) is 4.79 Å². The Kier molecular flexibility index (Phi) is 4.59. The van der Waals surface area contributed by atoms with Gasteiger partial charge in [0.2, 0.25) is 6.79 Å². The van der Waals surface area contributed by atoms with E-state index in [1.165, 1.54) is 0 Å². The van der Waals surface area contributed by atoms with Crippen molar-refractivity contribution in [3.05, 3.63) is 83.7 Å². The van der Waals surface area contributed by atoms with Crippen LogP contribution in [0.5, 0.6) is 11.5 Å². The zero-order valence-corrected chi connectivity index (χ0v) is 16.6. The Morgan fingerprint density at radius 2 is 1.87 bits per heavy atom. The molecular formula is C24H21N3O3. The van der Waals surface area contributed by atoms with E-state index in [4.69, 9.17) is 14.5 Å². The summed E-state index contributed by atoms with van der Waals surface area (Å²) in [5.41, 5.74) is 4.59. The van der Waals surface area contributed by atoms with Crippen molar-refractivity contribution in [3.8, 4) is 11.5 Å². The van der Waals surface area contributed by atoms with Crippen LogP contribution in [0, 0.1) is 0 Å². The Labute approximate surface area is 174 Å². The number of nitrogens with one attached hydrogen (secondary N) is 1.